The van der Waals surface area contributed by atoms with Gasteiger partial charge in [-0.15, -0.1) is 11.3 Å². The van der Waals surface area contributed by atoms with Crippen LogP contribution in [0.15, 0.2) is 48.5 Å². The molecule has 2 aromatic carbocycles. The summed E-state index contributed by atoms with van der Waals surface area (Å²) < 4.78 is 19.6. The molecule has 1 unspecified atom stereocenters. The Morgan fingerprint density at radius 1 is 1.23 bits per heavy atom. The second-order valence-electron chi connectivity index (χ2n) is 7.40. The Hall–Kier alpha value is -3.19. The van der Waals surface area contributed by atoms with E-state index >= 15 is 0 Å². The summed E-state index contributed by atoms with van der Waals surface area (Å²) in [7, 11) is 0. The van der Waals surface area contributed by atoms with Crippen molar-refractivity contribution < 1.29 is 23.8 Å². The van der Waals surface area contributed by atoms with E-state index in [1.807, 2.05) is 38.1 Å². The number of fused-ring (bicyclic) bond motifs is 1. The van der Waals surface area contributed by atoms with Crippen molar-refractivity contribution in [1.82, 2.24) is 0 Å². The summed E-state index contributed by atoms with van der Waals surface area (Å²) in [6.07, 6.45) is 0.200. The van der Waals surface area contributed by atoms with E-state index in [2.05, 4.69) is 5.32 Å². The molecule has 0 saturated carbocycles. The van der Waals surface area contributed by atoms with Crippen LogP contribution in [0.3, 0.4) is 0 Å². The first-order valence-corrected chi connectivity index (χ1v) is 10.4. The SMILES string of the molecule is CC(C)Oc1cccc(C2CC(=O)Nc3c2sc(C(=O)O)c3-c2cccc(F)c2)c1. The van der Waals surface area contributed by atoms with Crippen molar-refractivity contribution >= 4 is 28.9 Å². The predicted molar refractivity (Wildman–Crippen MR) is 114 cm³/mol. The van der Waals surface area contributed by atoms with Crippen molar-refractivity contribution in [2.45, 2.75) is 32.3 Å². The first-order chi connectivity index (χ1) is 14.3. The molecule has 0 spiro atoms. The number of rotatable bonds is 5. The van der Waals surface area contributed by atoms with Gasteiger partial charge in [0.1, 0.15) is 16.4 Å². The van der Waals surface area contributed by atoms with Gasteiger partial charge in [-0.2, -0.15) is 0 Å². The Labute approximate surface area is 177 Å². The monoisotopic (exact) mass is 425 g/mol. The van der Waals surface area contributed by atoms with E-state index in [1.165, 1.54) is 18.2 Å². The molecule has 0 aliphatic carbocycles. The zero-order valence-electron chi connectivity index (χ0n) is 16.4. The Morgan fingerprint density at radius 3 is 2.70 bits per heavy atom. The van der Waals surface area contributed by atoms with Crippen LogP contribution in [-0.2, 0) is 4.79 Å². The van der Waals surface area contributed by atoms with E-state index in [9.17, 15) is 19.1 Å². The molecule has 1 amide bonds. The molecule has 7 heteroatoms. The summed E-state index contributed by atoms with van der Waals surface area (Å²) in [6, 6.07) is 13.2. The van der Waals surface area contributed by atoms with Crippen molar-refractivity contribution in [2.75, 3.05) is 5.32 Å². The van der Waals surface area contributed by atoms with Crippen LogP contribution in [0.1, 0.15) is 46.3 Å². The van der Waals surface area contributed by atoms with Crippen LogP contribution in [0.25, 0.3) is 11.1 Å². The second kappa shape index (κ2) is 7.91. The lowest BCUT2D eigenvalue weighted by molar-refractivity contribution is -0.116. The minimum absolute atomic E-state index is 0.00500. The van der Waals surface area contributed by atoms with Crippen molar-refractivity contribution in [3.63, 3.8) is 0 Å². The third-order valence-corrected chi connectivity index (χ3v) is 6.14. The van der Waals surface area contributed by atoms with Gasteiger partial charge in [0.15, 0.2) is 0 Å². The van der Waals surface area contributed by atoms with Gasteiger partial charge < -0.3 is 15.2 Å². The lowest BCUT2D eigenvalue weighted by atomic mass is 9.88. The topological polar surface area (TPSA) is 75.6 Å². The second-order valence-corrected chi connectivity index (χ2v) is 8.46. The van der Waals surface area contributed by atoms with Crippen LogP contribution in [0.5, 0.6) is 5.75 Å². The third kappa shape index (κ3) is 3.80. The zero-order chi connectivity index (χ0) is 21.4. The predicted octanol–water partition coefficient (Wildman–Crippen LogP) is 5.51. The number of carboxylic acids is 1. The van der Waals surface area contributed by atoms with Gasteiger partial charge in [0.2, 0.25) is 5.91 Å². The first-order valence-electron chi connectivity index (χ1n) is 9.56. The van der Waals surface area contributed by atoms with Gasteiger partial charge in [-0.3, -0.25) is 4.79 Å². The largest absolute Gasteiger partial charge is 0.491 e. The maximum atomic E-state index is 13.8. The number of hydrogen-bond acceptors (Lipinski definition) is 4. The molecule has 2 N–H and O–H groups in total. The fourth-order valence-electron chi connectivity index (χ4n) is 3.70. The van der Waals surface area contributed by atoms with Crippen molar-refractivity contribution in [3.05, 3.63) is 69.7 Å². The van der Waals surface area contributed by atoms with Gasteiger partial charge in [-0.05, 0) is 49.2 Å². The molecule has 30 heavy (non-hydrogen) atoms. The number of nitrogens with one attached hydrogen (secondary N) is 1. The zero-order valence-corrected chi connectivity index (χ0v) is 17.3. The maximum Gasteiger partial charge on any atom is 0.346 e. The Bertz CT molecular complexity index is 1140. The van der Waals surface area contributed by atoms with Crippen LogP contribution in [0.4, 0.5) is 10.1 Å². The lowest BCUT2D eigenvalue weighted by Gasteiger charge is -2.24. The van der Waals surface area contributed by atoms with Crippen LogP contribution < -0.4 is 10.1 Å². The fraction of sp³-hybridized carbons (Fsp3) is 0.217. The minimum atomic E-state index is -1.11. The normalized spacial score (nSPS) is 15.6. The molecule has 4 rings (SSSR count). The highest BCUT2D eigenvalue weighted by Gasteiger charge is 2.34. The van der Waals surface area contributed by atoms with Crippen LogP contribution in [-0.4, -0.2) is 23.1 Å². The Morgan fingerprint density at radius 2 is 2.00 bits per heavy atom. The maximum absolute atomic E-state index is 13.8. The van der Waals surface area contributed by atoms with Gasteiger partial charge in [0, 0.05) is 22.8 Å². The summed E-state index contributed by atoms with van der Waals surface area (Å²) in [6.45, 7) is 3.87. The average molecular weight is 425 g/mol. The van der Waals surface area contributed by atoms with Gasteiger partial charge in [-0.1, -0.05) is 24.3 Å². The van der Waals surface area contributed by atoms with Crippen molar-refractivity contribution in [2.24, 2.45) is 0 Å². The summed E-state index contributed by atoms with van der Waals surface area (Å²) in [5, 5.41) is 12.6. The van der Waals surface area contributed by atoms with Crippen LogP contribution >= 0.6 is 11.3 Å². The molecular formula is C23H20FNO4S. The summed E-state index contributed by atoms with van der Waals surface area (Å²) in [4.78, 5) is 25.3. The average Bonchev–Trinajstić information content (AvgIpc) is 3.06. The van der Waals surface area contributed by atoms with E-state index in [4.69, 9.17) is 4.74 Å². The standard InChI is InChI=1S/C23H20FNO4S/c1-12(2)29-16-8-4-5-13(10-16)17-11-18(26)25-20-19(14-6-3-7-15(24)9-14)22(23(27)28)30-21(17)20/h3-10,12,17H,11H2,1-2H3,(H,25,26)(H,27,28). The Balaban J connectivity index is 1.87. The van der Waals surface area contributed by atoms with Gasteiger partial charge in [0.05, 0.1) is 11.8 Å². The van der Waals surface area contributed by atoms with Crippen molar-refractivity contribution in [1.29, 1.82) is 0 Å². The molecule has 5 nitrogen and oxygen atoms in total. The smallest absolute Gasteiger partial charge is 0.346 e. The van der Waals surface area contributed by atoms with E-state index in [0.29, 0.717) is 22.6 Å². The molecule has 1 aromatic heterocycles. The van der Waals surface area contributed by atoms with E-state index in [1.54, 1.807) is 6.07 Å². The number of amides is 1. The number of aromatic carboxylic acids is 1. The summed E-state index contributed by atoms with van der Waals surface area (Å²) >= 11 is 1.12. The molecular weight excluding hydrogens is 405 g/mol. The molecule has 0 radical (unpaired) electrons. The molecule has 0 saturated heterocycles. The third-order valence-electron chi connectivity index (χ3n) is 4.85. The highest BCUT2D eigenvalue weighted by Crippen LogP contribution is 2.49. The highest BCUT2D eigenvalue weighted by molar-refractivity contribution is 7.15. The number of benzene rings is 2. The minimum Gasteiger partial charge on any atom is -0.491 e. The van der Waals surface area contributed by atoms with Gasteiger partial charge in [-0.25, -0.2) is 9.18 Å². The number of ether oxygens (including phenoxy) is 1. The molecule has 1 atom stereocenters. The van der Waals surface area contributed by atoms with E-state index in [-0.39, 0.29) is 29.2 Å². The number of anilines is 1. The lowest BCUT2D eigenvalue weighted by Crippen LogP contribution is -2.22. The molecule has 3 aromatic rings. The summed E-state index contributed by atoms with van der Waals surface area (Å²) in [5.74, 6) is -1.42. The molecule has 2 heterocycles. The van der Waals surface area contributed by atoms with Gasteiger partial charge >= 0.3 is 5.97 Å². The van der Waals surface area contributed by atoms with Crippen molar-refractivity contribution in [3.8, 4) is 16.9 Å². The number of thiophene rings is 1. The molecule has 154 valence electrons. The molecule has 1 aliphatic rings. The number of hydrogen-bond donors (Lipinski definition) is 2. The Kier molecular flexibility index (Phi) is 5.30. The van der Waals surface area contributed by atoms with Gasteiger partial charge in [0.25, 0.3) is 0 Å². The fourth-order valence-corrected chi connectivity index (χ4v) is 4.95. The molecule has 1 aliphatic heterocycles. The van der Waals surface area contributed by atoms with Crippen LogP contribution in [0, 0.1) is 5.82 Å². The molecule has 0 bridgehead atoms. The number of carboxylic acid groups (broad SMARTS) is 1. The first kappa shape index (κ1) is 20.1. The van der Waals surface area contributed by atoms with Crippen LogP contribution in [0.2, 0.25) is 0 Å². The number of carbonyl (C=O) groups is 2. The number of carbonyl (C=O) groups excluding carboxylic acids is 1. The highest BCUT2D eigenvalue weighted by atomic mass is 32.1. The van der Waals surface area contributed by atoms with E-state index in [0.717, 1.165) is 21.8 Å². The quantitative estimate of drug-likeness (QED) is 0.565. The summed E-state index contributed by atoms with van der Waals surface area (Å²) in [5.41, 5.74) is 2.07. The van der Waals surface area contributed by atoms with E-state index < -0.39 is 11.8 Å². The molecule has 0 fully saturated rings. The number of halogens is 1.